The van der Waals surface area contributed by atoms with E-state index in [1.807, 2.05) is 19.9 Å². The molecule has 0 aromatic heterocycles. The van der Waals surface area contributed by atoms with Gasteiger partial charge in [-0.3, -0.25) is 4.99 Å². The van der Waals surface area contributed by atoms with Crippen LogP contribution in [0, 0.1) is 0 Å². The number of hydrogen-bond acceptors (Lipinski definition) is 2. The molecule has 0 spiro atoms. The Morgan fingerprint density at radius 2 is 2.38 bits per heavy atom. The molecule has 0 atom stereocenters. The van der Waals surface area contributed by atoms with Crippen LogP contribution in [0.5, 0.6) is 0 Å². The lowest BCUT2D eigenvalue weighted by Crippen LogP contribution is -1.70. The van der Waals surface area contributed by atoms with Gasteiger partial charge in [0.15, 0.2) is 0 Å². The molecule has 0 fully saturated rings. The average molecular weight is 129 g/mol. The van der Waals surface area contributed by atoms with Gasteiger partial charge in [0.05, 0.1) is 0 Å². The van der Waals surface area contributed by atoms with Crippen molar-refractivity contribution in [2.45, 2.75) is 13.8 Å². The Balaban J connectivity index is 3.61. The third kappa shape index (κ3) is 3.93. The molecule has 1 nitrogen and oxygen atoms in total. The van der Waals surface area contributed by atoms with Crippen LogP contribution in [-0.2, 0) is 0 Å². The summed E-state index contributed by atoms with van der Waals surface area (Å²) in [5.41, 5.74) is 1.03. The quantitative estimate of drug-likeness (QED) is 0.432. The molecule has 2 heteroatoms. The highest BCUT2D eigenvalue weighted by molar-refractivity contribution is 7.80. The Bertz CT molecular complexity index is 105. The van der Waals surface area contributed by atoms with Crippen LogP contribution in [-0.4, -0.2) is 12.0 Å². The zero-order chi connectivity index (χ0) is 6.41. The molecule has 0 heterocycles. The first-order chi connectivity index (χ1) is 3.81. The van der Waals surface area contributed by atoms with Crippen molar-refractivity contribution in [3.8, 4) is 0 Å². The van der Waals surface area contributed by atoms with E-state index in [-0.39, 0.29) is 0 Å². The van der Waals surface area contributed by atoms with Crippen molar-refractivity contribution in [1.82, 2.24) is 0 Å². The maximum Gasteiger partial charge on any atom is 0.0336 e. The highest BCUT2D eigenvalue weighted by Crippen LogP contribution is 1.92. The van der Waals surface area contributed by atoms with Gasteiger partial charge in [0, 0.05) is 17.7 Å². The summed E-state index contributed by atoms with van der Waals surface area (Å²) >= 11 is 4.00. The van der Waals surface area contributed by atoms with E-state index in [2.05, 4.69) is 17.6 Å². The molecule has 0 aliphatic heterocycles. The van der Waals surface area contributed by atoms with Crippen molar-refractivity contribution in [3.63, 3.8) is 0 Å². The fourth-order valence-corrected chi connectivity index (χ4v) is 0.653. The second-order valence-corrected chi connectivity index (χ2v) is 1.78. The standard InChI is InChI=1S/C6H11NS/c1-3-7-6(2)4-5-8/h3-4,8H,5H2,1-2H3/b6-4+,7-3?. The van der Waals surface area contributed by atoms with Gasteiger partial charge in [-0.05, 0) is 13.8 Å². The van der Waals surface area contributed by atoms with Gasteiger partial charge in [0.1, 0.15) is 0 Å². The number of aliphatic imine (C=N–C) groups is 1. The van der Waals surface area contributed by atoms with Gasteiger partial charge in [-0.2, -0.15) is 12.6 Å². The number of allylic oxidation sites excluding steroid dienone is 1. The number of rotatable bonds is 2. The Morgan fingerprint density at radius 3 is 2.75 bits per heavy atom. The zero-order valence-corrected chi connectivity index (χ0v) is 6.15. The zero-order valence-electron chi connectivity index (χ0n) is 5.26. The predicted octanol–water partition coefficient (Wildman–Crippen LogP) is 1.91. The van der Waals surface area contributed by atoms with Crippen LogP contribution in [0.2, 0.25) is 0 Å². The summed E-state index contributed by atoms with van der Waals surface area (Å²) in [7, 11) is 0. The molecule has 8 heavy (non-hydrogen) atoms. The van der Waals surface area contributed by atoms with Crippen LogP contribution in [0.4, 0.5) is 0 Å². The summed E-state index contributed by atoms with van der Waals surface area (Å²) < 4.78 is 0. The minimum atomic E-state index is 0.767. The van der Waals surface area contributed by atoms with Crippen molar-refractivity contribution in [2.24, 2.45) is 4.99 Å². The molecule has 0 unspecified atom stereocenters. The maximum absolute atomic E-state index is 4.00. The number of nitrogens with zero attached hydrogens (tertiary/aromatic N) is 1. The Morgan fingerprint density at radius 1 is 1.75 bits per heavy atom. The molecular formula is C6H11NS. The number of hydrogen-bond donors (Lipinski definition) is 1. The van der Waals surface area contributed by atoms with Crippen molar-refractivity contribution in [3.05, 3.63) is 11.8 Å². The SMILES string of the molecule is CC=N/C(C)=C/CS. The van der Waals surface area contributed by atoms with Crippen LogP contribution < -0.4 is 0 Å². The molecule has 0 aromatic rings. The summed E-state index contributed by atoms with van der Waals surface area (Å²) in [6.45, 7) is 3.85. The van der Waals surface area contributed by atoms with Gasteiger partial charge in [0.25, 0.3) is 0 Å². The number of thiol groups is 1. The lowest BCUT2D eigenvalue weighted by atomic mass is 10.5. The molecule has 0 saturated heterocycles. The van der Waals surface area contributed by atoms with Gasteiger partial charge >= 0.3 is 0 Å². The Labute approximate surface area is 55.9 Å². The molecule has 0 N–H and O–H groups in total. The van der Waals surface area contributed by atoms with Gasteiger partial charge in [-0.15, -0.1) is 0 Å². The van der Waals surface area contributed by atoms with Crippen LogP contribution in [0.3, 0.4) is 0 Å². The molecular weight excluding hydrogens is 118 g/mol. The monoisotopic (exact) mass is 129 g/mol. The Kier molecular flexibility index (Phi) is 4.76. The summed E-state index contributed by atoms with van der Waals surface area (Å²) in [6, 6.07) is 0. The first kappa shape index (κ1) is 7.76. The molecule has 0 aliphatic carbocycles. The van der Waals surface area contributed by atoms with Gasteiger partial charge in [-0.1, -0.05) is 6.08 Å². The van der Waals surface area contributed by atoms with E-state index in [9.17, 15) is 0 Å². The van der Waals surface area contributed by atoms with Gasteiger partial charge in [0.2, 0.25) is 0 Å². The smallest absolute Gasteiger partial charge is 0.0336 e. The van der Waals surface area contributed by atoms with E-state index >= 15 is 0 Å². The van der Waals surface area contributed by atoms with Gasteiger partial charge in [-0.25, -0.2) is 0 Å². The molecule has 0 radical (unpaired) electrons. The minimum absolute atomic E-state index is 0.767. The lowest BCUT2D eigenvalue weighted by molar-refractivity contribution is 1.30. The molecule has 0 bridgehead atoms. The van der Waals surface area contributed by atoms with Crippen molar-refractivity contribution < 1.29 is 0 Å². The summed E-state index contributed by atoms with van der Waals surface area (Å²) in [5.74, 6) is 0.767. The molecule has 0 aliphatic rings. The van der Waals surface area contributed by atoms with Gasteiger partial charge < -0.3 is 0 Å². The molecule has 46 valence electrons. The third-order valence-corrected chi connectivity index (χ3v) is 0.902. The van der Waals surface area contributed by atoms with Crippen molar-refractivity contribution in [2.75, 3.05) is 5.75 Å². The van der Waals surface area contributed by atoms with E-state index in [1.54, 1.807) is 6.21 Å². The van der Waals surface area contributed by atoms with E-state index in [4.69, 9.17) is 0 Å². The Hall–Kier alpha value is -0.240. The fraction of sp³-hybridized carbons (Fsp3) is 0.500. The molecule has 0 amide bonds. The van der Waals surface area contributed by atoms with Crippen LogP contribution >= 0.6 is 12.6 Å². The molecule has 0 saturated carbocycles. The lowest BCUT2D eigenvalue weighted by Gasteiger charge is -1.85. The van der Waals surface area contributed by atoms with E-state index in [1.165, 1.54) is 0 Å². The van der Waals surface area contributed by atoms with Crippen LogP contribution in [0.1, 0.15) is 13.8 Å². The van der Waals surface area contributed by atoms with Crippen molar-refractivity contribution >= 4 is 18.8 Å². The summed E-state index contributed by atoms with van der Waals surface area (Å²) in [5, 5.41) is 0. The second-order valence-electron chi connectivity index (χ2n) is 1.42. The second kappa shape index (κ2) is 4.91. The largest absolute Gasteiger partial charge is 0.267 e. The maximum atomic E-state index is 4.00. The van der Waals surface area contributed by atoms with E-state index in [0.29, 0.717) is 0 Å². The average Bonchev–Trinajstić information content (AvgIpc) is 1.68. The summed E-state index contributed by atoms with van der Waals surface area (Å²) in [6.07, 6.45) is 3.73. The van der Waals surface area contributed by atoms with E-state index < -0.39 is 0 Å². The van der Waals surface area contributed by atoms with Crippen LogP contribution in [0.25, 0.3) is 0 Å². The fourth-order valence-electron chi connectivity index (χ4n) is 0.388. The highest BCUT2D eigenvalue weighted by atomic mass is 32.1. The minimum Gasteiger partial charge on any atom is -0.267 e. The topological polar surface area (TPSA) is 12.4 Å². The molecule has 0 rings (SSSR count). The van der Waals surface area contributed by atoms with E-state index in [0.717, 1.165) is 11.4 Å². The van der Waals surface area contributed by atoms with Crippen LogP contribution in [0.15, 0.2) is 16.8 Å². The van der Waals surface area contributed by atoms with Crippen molar-refractivity contribution in [1.29, 1.82) is 0 Å². The third-order valence-electron chi connectivity index (χ3n) is 0.719. The normalized spacial score (nSPS) is 13.1. The first-order valence-corrected chi connectivity index (χ1v) is 3.20. The highest BCUT2D eigenvalue weighted by Gasteiger charge is 1.75. The first-order valence-electron chi connectivity index (χ1n) is 2.57. The molecule has 0 aromatic carbocycles. The predicted molar refractivity (Wildman–Crippen MR) is 41.8 cm³/mol. The summed E-state index contributed by atoms with van der Waals surface area (Å²) in [4.78, 5) is 4.00.